The number of ether oxygens (including phenoxy) is 1. The third kappa shape index (κ3) is 6.71. The van der Waals surface area contributed by atoms with E-state index in [4.69, 9.17) is 4.74 Å². The molecule has 0 bridgehead atoms. The van der Waals surface area contributed by atoms with Gasteiger partial charge < -0.3 is 15.4 Å². The van der Waals surface area contributed by atoms with E-state index < -0.39 is 0 Å². The lowest BCUT2D eigenvalue weighted by Gasteiger charge is -2.30. The van der Waals surface area contributed by atoms with Crippen LogP contribution in [-0.4, -0.2) is 37.2 Å². The molecule has 1 heterocycles. The van der Waals surface area contributed by atoms with Crippen LogP contribution in [0.15, 0.2) is 0 Å². The first-order chi connectivity index (χ1) is 9.44. The van der Waals surface area contributed by atoms with Crippen LogP contribution in [0, 0.1) is 5.92 Å². The van der Waals surface area contributed by atoms with Gasteiger partial charge in [0.2, 0.25) is 5.91 Å². The third-order valence-electron chi connectivity index (χ3n) is 4.00. The Morgan fingerprint density at radius 2 is 2.05 bits per heavy atom. The fourth-order valence-corrected chi connectivity index (χ4v) is 2.59. The Balaban J connectivity index is 2.27. The molecule has 1 saturated heterocycles. The van der Waals surface area contributed by atoms with Gasteiger partial charge in [-0.1, -0.05) is 13.3 Å². The highest BCUT2D eigenvalue weighted by Gasteiger charge is 2.26. The summed E-state index contributed by atoms with van der Waals surface area (Å²) in [6, 6.07) is 0. The molecule has 118 valence electrons. The Hall–Kier alpha value is -0.610. The second-order valence-electron chi connectivity index (χ2n) is 6.62. The molecule has 20 heavy (non-hydrogen) atoms. The van der Waals surface area contributed by atoms with Crippen molar-refractivity contribution in [2.24, 2.45) is 5.92 Å². The largest absolute Gasteiger partial charge is 0.378 e. The molecule has 1 amide bonds. The summed E-state index contributed by atoms with van der Waals surface area (Å²) < 4.78 is 5.78. The molecule has 2 N–H and O–H groups in total. The Kier molecular flexibility index (Phi) is 7.52. The van der Waals surface area contributed by atoms with Crippen LogP contribution in [0.4, 0.5) is 0 Å². The number of piperidine rings is 1. The van der Waals surface area contributed by atoms with Gasteiger partial charge in [-0.25, -0.2) is 0 Å². The fraction of sp³-hybridized carbons (Fsp3) is 0.938. The van der Waals surface area contributed by atoms with Gasteiger partial charge in [-0.2, -0.15) is 0 Å². The summed E-state index contributed by atoms with van der Waals surface area (Å²) in [4.78, 5) is 12.2. The minimum Gasteiger partial charge on any atom is -0.378 e. The van der Waals surface area contributed by atoms with Gasteiger partial charge in [-0.3, -0.25) is 4.79 Å². The van der Waals surface area contributed by atoms with Crippen molar-refractivity contribution in [1.82, 2.24) is 10.6 Å². The van der Waals surface area contributed by atoms with Gasteiger partial charge >= 0.3 is 0 Å². The molecule has 1 rings (SSSR count). The number of amides is 1. The molecule has 4 heteroatoms. The normalized spacial score (nSPS) is 18.8. The van der Waals surface area contributed by atoms with Gasteiger partial charge in [0, 0.05) is 18.1 Å². The van der Waals surface area contributed by atoms with E-state index in [1.165, 1.54) is 0 Å². The van der Waals surface area contributed by atoms with E-state index in [-0.39, 0.29) is 17.4 Å². The van der Waals surface area contributed by atoms with Gasteiger partial charge in [-0.15, -0.1) is 0 Å². The van der Waals surface area contributed by atoms with Crippen molar-refractivity contribution in [1.29, 1.82) is 0 Å². The molecule has 1 aliphatic rings. The zero-order chi connectivity index (χ0) is 15.0. The molecule has 0 spiro atoms. The predicted molar refractivity (Wildman–Crippen MR) is 82.8 cm³/mol. The standard InChI is InChI=1S/C16H32N2O2/c1-5-6-13(2)20-12-9-16(3,4)18-15(19)14-7-10-17-11-8-14/h13-14,17H,5-12H2,1-4H3,(H,18,19). The minimum absolute atomic E-state index is 0.176. The zero-order valence-corrected chi connectivity index (χ0v) is 13.6. The van der Waals surface area contributed by atoms with Gasteiger partial charge in [0.25, 0.3) is 0 Å². The number of carbonyl (C=O) groups excluding carboxylic acids is 1. The molecule has 1 fully saturated rings. The molecule has 1 unspecified atom stereocenters. The van der Waals surface area contributed by atoms with E-state index in [2.05, 4.69) is 38.3 Å². The maximum atomic E-state index is 12.2. The van der Waals surface area contributed by atoms with E-state index in [9.17, 15) is 4.79 Å². The topological polar surface area (TPSA) is 50.4 Å². The van der Waals surface area contributed by atoms with E-state index in [0.29, 0.717) is 12.7 Å². The predicted octanol–water partition coefficient (Wildman–Crippen LogP) is 2.48. The SMILES string of the molecule is CCCC(C)OCCC(C)(C)NC(=O)C1CCNCC1. The molecule has 1 atom stereocenters. The van der Waals surface area contributed by atoms with Crippen molar-refractivity contribution in [3.8, 4) is 0 Å². The first-order valence-electron chi connectivity index (χ1n) is 8.09. The smallest absolute Gasteiger partial charge is 0.223 e. The summed E-state index contributed by atoms with van der Waals surface area (Å²) in [5, 5.41) is 6.48. The lowest BCUT2D eigenvalue weighted by molar-refractivity contribution is -0.127. The van der Waals surface area contributed by atoms with E-state index in [1.807, 2.05) is 0 Å². The zero-order valence-electron chi connectivity index (χ0n) is 13.6. The fourth-order valence-electron chi connectivity index (χ4n) is 2.59. The lowest BCUT2D eigenvalue weighted by atomic mass is 9.94. The van der Waals surface area contributed by atoms with Crippen LogP contribution in [0.3, 0.4) is 0 Å². The van der Waals surface area contributed by atoms with Crippen molar-refractivity contribution >= 4 is 5.91 Å². The first kappa shape index (κ1) is 17.4. The van der Waals surface area contributed by atoms with Crippen molar-refractivity contribution in [2.45, 2.75) is 71.4 Å². The second-order valence-corrected chi connectivity index (χ2v) is 6.62. The second kappa shape index (κ2) is 8.63. The molecule has 4 nitrogen and oxygen atoms in total. The molecule has 0 aromatic heterocycles. The van der Waals surface area contributed by atoms with Gasteiger partial charge in [0.15, 0.2) is 0 Å². The molecule has 0 aromatic carbocycles. The highest BCUT2D eigenvalue weighted by Crippen LogP contribution is 2.16. The van der Waals surface area contributed by atoms with Gasteiger partial charge in [-0.05, 0) is 59.5 Å². The Morgan fingerprint density at radius 1 is 1.40 bits per heavy atom. The molecular weight excluding hydrogens is 252 g/mol. The van der Waals surface area contributed by atoms with Gasteiger partial charge in [0.05, 0.1) is 6.10 Å². The van der Waals surface area contributed by atoms with Crippen LogP contribution in [0.1, 0.15) is 59.8 Å². The molecule has 0 aliphatic carbocycles. The summed E-state index contributed by atoms with van der Waals surface area (Å²) >= 11 is 0. The number of rotatable bonds is 8. The Labute approximate surface area is 124 Å². The quantitative estimate of drug-likeness (QED) is 0.720. The highest BCUT2D eigenvalue weighted by atomic mass is 16.5. The summed E-state index contributed by atoms with van der Waals surface area (Å²) in [5.74, 6) is 0.383. The summed E-state index contributed by atoms with van der Waals surface area (Å²) in [5.41, 5.74) is -0.187. The average molecular weight is 284 g/mol. The van der Waals surface area contributed by atoms with Crippen LogP contribution in [0.5, 0.6) is 0 Å². The maximum absolute atomic E-state index is 12.2. The summed E-state index contributed by atoms with van der Waals surface area (Å²) in [7, 11) is 0. The first-order valence-corrected chi connectivity index (χ1v) is 8.09. The average Bonchev–Trinajstić information content (AvgIpc) is 2.39. The monoisotopic (exact) mass is 284 g/mol. The number of hydrogen-bond acceptors (Lipinski definition) is 3. The van der Waals surface area contributed by atoms with Crippen molar-refractivity contribution in [2.75, 3.05) is 19.7 Å². The van der Waals surface area contributed by atoms with Crippen LogP contribution in [-0.2, 0) is 9.53 Å². The lowest BCUT2D eigenvalue weighted by Crippen LogP contribution is -2.48. The molecule has 0 radical (unpaired) electrons. The molecule has 0 saturated carbocycles. The number of carbonyl (C=O) groups is 1. The number of hydrogen-bond donors (Lipinski definition) is 2. The van der Waals surface area contributed by atoms with E-state index in [1.54, 1.807) is 0 Å². The Morgan fingerprint density at radius 3 is 2.65 bits per heavy atom. The maximum Gasteiger partial charge on any atom is 0.223 e. The van der Waals surface area contributed by atoms with Crippen molar-refractivity contribution in [3.05, 3.63) is 0 Å². The van der Waals surface area contributed by atoms with Crippen LogP contribution >= 0.6 is 0 Å². The van der Waals surface area contributed by atoms with Gasteiger partial charge in [0.1, 0.15) is 0 Å². The minimum atomic E-state index is -0.187. The highest BCUT2D eigenvalue weighted by molar-refractivity contribution is 5.79. The molecule has 1 aliphatic heterocycles. The Bertz CT molecular complexity index is 286. The van der Waals surface area contributed by atoms with Crippen molar-refractivity contribution in [3.63, 3.8) is 0 Å². The van der Waals surface area contributed by atoms with E-state index >= 15 is 0 Å². The van der Waals surface area contributed by atoms with E-state index in [0.717, 1.165) is 45.2 Å². The van der Waals surface area contributed by atoms with Crippen molar-refractivity contribution < 1.29 is 9.53 Å². The number of nitrogens with one attached hydrogen (secondary N) is 2. The summed E-state index contributed by atoms with van der Waals surface area (Å²) in [6.07, 6.45) is 5.32. The van der Waals surface area contributed by atoms with Crippen LogP contribution in [0.25, 0.3) is 0 Å². The van der Waals surface area contributed by atoms with Crippen LogP contribution < -0.4 is 10.6 Å². The molecule has 0 aromatic rings. The molecular formula is C16H32N2O2. The van der Waals surface area contributed by atoms with Crippen LogP contribution in [0.2, 0.25) is 0 Å². The summed E-state index contributed by atoms with van der Waals surface area (Å²) in [6.45, 7) is 11.1. The third-order valence-corrected chi connectivity index (χ3v) is 4.00.